The van der Waals surface area contributed by atoms with Crippen LogP contribution in [0.3, 0.4) is 0 Å². The van der Waals surface area contributed by atoms with Gasteiger partial charge in [0.05, 0.1) is 0 Å². The van der Waals surface area contributed by atoms with Gasteiger partial charge in [-0.2, -0.15) is 0 Å². The number of aryl methyl sites for hydroxylation is 2. The summed E-state index contributed by atoms with van der Waals surface area (Å²) in [5.74, 6) is -0.537. The maximum absolute atomic E-state index is 11.0. The van der Waals surface area contributed by atoms with E-state index in [2.05, 4.69) is 48.1 Å². The van der Waals surface area contributed by atoms with Crippen molar-refractivity contribution in [1.82, 2.24) is 15.4 Å². The van der Waals surface area contributed by atoms with Gasteiger partial charge in [-0.05, 0) is 60.9 Å². The first kappa shape index (κ1) is 18.9. The normalized spacial score (nSPS) is 11.4. The number of benzene rings is 2. The van der Waals surface area contributed by atoms with Crippen LogP contribution in [0.2, 0.25) is 0 Å². The lowest BCUT2D eigenvalue weighted by molar-refractivity contribution is -0.124. The molecule has 0 saturated carbocycles. The van der Waals surface area contributed by atoms with Crippen molar-refractivity contribution in [3.05, 3.63) is 77.0 Å². The first-order valence-electron chi connectivity index (χ1n) is 9.03. The highest BCUT2D eigenvalue weighted by molar-refractivity contribution is 5.90. The average molecular weight is 363 g/mol. The van der Waals surface area contributed by atoms with Crippen LogP contribution in [0.5, 0.6) is 0 Å². The first-order chi connectivity index (χ1) is 13.1. The minimum atomic E-state index is -0.537. The number of hydrogen-bond acceptors (Lipinski definition) is 3. The largest absolute Gasteiger partial charge is 0.348 e. The second kappa shape index (κ2) is 8.66. The van der Waals surface area contributed by atoms with Gasteiger partial charge < -0.3 is 9.88 Å². The van der Waals surface area contributed by atoms with Crippen LogP contribution in [0.25, 0.3) is 17.0 Å². The summed E-state index contributed by atoms with van der Waals surface area (Å²) in [6.07, 6.45) is 3.93. The molecule has 140 valence electrons. The lowest BCUT2D eigenvalue weighted by Crippen LogP contribution is -2.16. The maximum Gasteiger partial charge on any atom is 0.267 e. The summed E-state index contributed by atoms with van der Waals surface area (Å²) in [6.45, 7) is 3.84. The summed E-state index contributed by atoms with van der Waals surface area (Å²) in [6, 6.07) is 16.9. The Kier molecular flexibility index (Phi) is 6.06. The zero-order valence-corrected chi connectivity index (χ0v) is 15.7. The van der Waals surface area contributed by atoms with Crippen molar-refractivity contribution in [2.24, 2.45) is 7.05 Å². The standard InChI is InChI=1S/C22H25N3O2/c1-16-13-20-14-18(7-9-21(20)25(16)2)11-12-23-15-19-5-3-17(4-6-19)8-10-22(26)24-27/h3-10,13-14,23,27H,11-12,15H2,1-2H3,(H,24,26)/b10-8+. The number of nitrogens with one attached hydrogen (secondary N) is 2. The van der Waals surface area contributed by atoms with Gasteiger partial charge >= 0.3 is 0 Å². The average Bonchev–Trinajstić information content (AvgIpc) is 2.97. The van der Waals surface area contributed by atoms with E-state index in [1.807, 2.05) is 24.3 Å². The van der Waals surface area contributed by atoms with E-state index in [9.17, 15) is 4.79 Å². The van der Waals surface area contributed by atoms with Gasteiger partial charge in [0.2, 0.25) is 0 Å². The monoisotopic (exact) mass is 363 g/mol. The van der Waals surface area contributed by atoms with Crippen LogP contribution in [0.1, 0.15) is 22.4 Å². The third-order valence-electron chi connectivity index (χ3n) is 4.78. The Balaban J connectivity index is 1.48. The molecule has 5 heteroatoms. The van der Waals surface area contributed by atoms with Crippen LogP contribution >= 0.6 is 0 Å². The second-order valence-electron chi connectivity index (χ2n) is 6.72. The molecule has 1 aromatic heterocycles. The molecule has 1 amide bonds. The van der Waals surface area contributed by atoms with E-state index in [0.29, 0.717) is 0 Å². The number of nitrogens with zero attached hydrogens (tertiary/aromatic N) is 1. The maximum atomic E-state index is 11.0. The van der Waals surface area contributed by atoms with Crippen molar-refractivity contribution in [3.63, 3.8) is 0 Å². The molecule has 5 nitrogen and oxygen atoms in total. The molecular formula is C22H25N3O2. The van der Waals surface area contributed by atoms with Crippen molar-refractivity contribution in [2.45, 2.75) is 19.9 Å². The number of amides is 1. The summed E-state index contributed by atoms with van der Waals surface area (Å²) < 4.78 is 2.21. The SMILES string of the molecule is Cc1cc2cc(CCNCc3ccc(/C=C/C(=O)NO)cc3)ccc2n1C. The van der Waals surface area contributed by atoms with Crippen molar-refractivity contribution in [2.75, 3.05) is 6.54 Å². The van der Waals surface area contributed by atoms with Gasteiger partial charge in [-0.25, -0.2) is 5.48 Å². The van der Waals surface area contributed by atoms with Gasteiger partial charge in [-0.1, -0.05) is 30.3 Å². The number of hydroxylamine groups is 1. The Morgan fingerprint density at radius 1 is 1.11 bits per heavy atom. The zero-order chi connectivity index (χ0) is 19.2. The fraction of sp³-hybridized carbons (Fsp3) is 0.227. The van der Waals surface area contributed by atoms with Crippen LogP contribution in [0.4, 0.5) is 0 Å². The second-order valence-corrected chi connectivity index (χ2v) is 6.72. The predicted octanol–water partition coefficient (Wildman–Crippen LogP) is 3.34. The molecule has 0 aliphatic rings. The highest BCUT2D eigenvalue weighted by Crippen LogP contribution is 2.20. The number of carbonyl (C=O) groups excluding carboxylic acids is 1. The molecule has 0 atom stereocenters. The number of rotatable bonds is 7. The van der Waals surface area contributed by atoms with Crippen LogP contribution in [0, 0.1) is 6.92 Å². The lowest BCUT2D eigenvalue weighted by Gasteiger charge is -2.06. The van der Waals surface area contributed by atoms with Gasteiger partial charge in [0.1, 0.15) is 0 Å². The smallest absolute Gasteiger partial charge is 0.267 e. The van der Waals surface area contributed by atoms with Crippen LogP contribution in [-0.4, -0.2) is 22.2 Å². The molecule has 0 aliphatic carbocycles. The lowest BCUT2D eigenvalue weighted by atomic mass is 10.1. The summed E-state index contributed by atoms with van der Waals surface area (Å²) in [5.41, 5.74) is 7.55. The van der Waals surface area contributed by atoms with Crippen LogP contribution in [-0.2, 0) is 24.8 Å². The summed E-state index contributed by atoms with van der Waals surface area (Å²) in [5, 5.41) is 13.2. The summed E-state index contributed by atoms with van der Waals surface area (Å²) in [4.78, 5) is 11.0. The van der Waals surface area contributed by atoms with E-state index >= 15 is 0 Å². The predicted molar refractivity (Wildman–Crippen MR) is 108 cm³/mol. The Bertz CT molecular complexity index is 956. The molecule has 3 N–H and O–H groups in total. The molecule has 0 bridgehead atoms. The van der Waals surface area contributed by atoms with Gasteiger partial charge in [-0.3, -0.25) is 10.0 Å². The van der Waals surface area contributed by atoms with Gasteiger partial charge in [-0.15, -0.1) is 0 Å². The third-order valence-corrected chi connectivity index (χ3v) is 4.78. The van der Waals surface area contributed by atoms with Crippen molar-refractivity contribution in [1.29, 1.82) is 0 Å². The van der Waals surface area contributed by atoms with Crippen molar-refractivity contribution >= 4 is 22.9 Å². The molecule has 0 unspecified atom stereocenters. The Morgan fingerprint density at radius 3 is 2.59 bits per heavy atom. The molecule has 0 fully saturated rings. The highest BCUT2D eigenvalue weighted by Gasteiger charge is 2.03. The summed E-state index contributed by atoms with van der Waals surface area (Å²) >= 11 is 0. The van der Waals surface area contributed by atoms with E-state index in [-0.39, 0.29) is 0 Å². The fourth-order valence-corrected chi connectivity index (χ4v) is 3.11. The van der Waals surface area contributed by atoms with E-state index in [1.165, 1.54) is 33.8 Å². The first-order valence-corrected chi connectivity index (χ1v) is 9.03. The molecule has 2 aromatic carbocycles. The number of fused-ring (bicyclic) bond motifs is 1. The zero-order valence-electron chi connectivity index (χ0n) is 15.7. The molecule has 1 heterocycles. The van der Waals surface area contributed by atoms with Crippen molar-refractivity contribution in [3.8, 4) is 0 Å². The fourth-order valence-electron chi connectivity index (χ4n) is 3.11. The Hall–Kier alpha value is -2.89. The molecule has 3 rings (SSSR count). The molecule has 0 saturated heterocycles. The van der Waals surface area contributed by atoms with E-state index in [0.717, 1.165) is 25.1 Å². The Labute approximate surface area is 159 Å². The summed E-state index contributed by atoms with van der Waals surface area (Å²) in [7, 11) is 2.10. The van der Waals surface area contributed by atoms with Crippen LogP contribution in [0.15, 0.2) is 54.6 Å². The van der Waals surface area contributed by atoms with E-state index < -0.39 is 5.91 Å². The highest BCUT2D eigenvalue weighted by atomic mass is 16.5. The number of hydrogen-bond donors (Lipinski definition) is 3. The molecule has 27 heavy (non-hydrogen) atoms. The third kappa shape index (κ3) is 4.84. The van der Waals surface area contributed by atoms with Crippen molar-refractivity contribution < 1.29 is 10.0 Å². The number of aromatic nitrogens is 1. The quantitative estimate of drug-likeness (QED) is 0.261. The molecule has 3 aromatic rings. The minimum absolute atomic E-state index is 0.537. The van der Waals surface area contributed by atoms with Gasteiger partial charge in [0, 0.05) is 36.3 Å². The molecular weight excluding hydrogens is 338 g/mol. The van der Waals surface area contributed by atoms with E-state index in [1.54, 1.807) is 11.6 Å². The topological polar surface area (TPSA) is 66.3 Å². The molecule has 0 aliphatic heterocycles. The Morgan fingerprint density at radius 2 is 1.85 bits per heavy atom. The van der Waals surface area contributed by atoms with E-state index in [4.69, 9.17) is 5.21 Å². The molecule has 0 spiro atoms. The minimum Gasteiger partial charge on any atom is -0.348 e. The number of carbonyl (C=O) groups is 1. The van der Waals surface area contributed by atoms with Crippen LogP contribution < -0.4 is 10.8 Å². The molecule has 0 radical (unpaired) electrons. The van der Waals surface area contributed by atoms with Gasteiger partial charge in [0.25, 0.3) is 5.91 Å². The van der Waals surface area contributed by atoms with Gasteiger partial charge in [0.15, 0.2) is 0 Å².